The van der Waals surface area contributed by atoms with Crippen molar-refractivity contribution in [2.75, 3.05) is 11.9 Å². The molecule has 0 fully saturated rings. The molecule has 2 N–H and O–H groups in total. The summed E-state index contributed by atoms with van der Waals surface area (Å²) in [6.45, 7) is 3.83. The number of Topliss-reactive ketones (excluding diaryl/α,β-unsaturated/α-hetero) is 1. The van der Waals surface area contributed by atoms with Gasteiger partial charge in [-0.2, -0.15) is 0 Å². The fourth-order valence-electron chi connectivity index (χ4n) is 2.94. The van der Waals surface area contributed by atoms with E-state index in [4.69, 9.17) is 0 Å². The lowest BCUT2D eigenvalue weighted by atomic mass is 10.1. The number of anilines is 2. The highest BCUT2D eigenvalue weighted by molar-refractivity contribution is 5.95. The first kappa shape index (κ1) is 20.2. The molecule has 0 bridgehead atoms. The molecule has 1 aromatic heterocycles. The predicted octanol–water partition coefficient (Wildman–Crippen LogP) is 4.09. The van der Waals surface area contributed by atoms with Crippen molar-refractivity contribution in [1.82, 2.24) is 15.3 Å². The third kappa shape index (κ3) is 5.97. The molecule has 0 aliphatic carbocycles. The molecule has 3 aromatic rings. The van der Waals surface area contributed by atoms with Crippen LogP contribution in [0.15, 0.2) is 60.7 Å². The van der Waals surface area contributed by atoms with Crippen LogP contribution >= 0.6 is 0 Å². The molecule has 29 heavy (non-hydrogen) atoms. The maximum absolute atomic E-state index is 12.5. The first-order chi connectivity index (χ1) is 14.0. The number of nitrogens with zero attached hydrogens (tertiary/aromatic N) is 2. The maximum atomic E-state index is 12.5. The van der Waals surface area contributed by atoms with Crippen molar-refractivity contribution in [3.63, 3.8) is 0 Å². The van der Waals surface area contributed by atoms with Crippen LogP contribution in [0.1, 0.15) is 45.6 Å². The molecular weight excluding hydrogens is 364 g/mol. The van der Waals surface area contributed by atoms with Crippen LogP contribution in [0.25, 0.3) is 0 Å². The van der Waals surface area contributed by atoms with Gasteiger partial charge in [-0.15, -0.1) is 0 Å². The molecule has 0 saturated carbocycles. The molecule has 0 aliphatic rings. The van der Waals surface area contributed by atoms with Gasteiger partial charge >= 0.3 is 0 Å². The predicted molar refractivity (Wildman–Crippen MR) is 114 cm³/mol. The summed E-state index contributed by atoms with van der Waals surface area (Å²) in [6, 6.07) is 18.9. The molecule has 0 atom stereocenters. The lowest BCUT2D eigenvalue weighted by Crippen LogP contribution is -2.26. The van der Waals surface area contributed by atoms with Crippen LogP contribution in [-0.2, 0) is 6.42 Å². The van der Waals surface area contributed by atoms with E-state index in [9.17, 15) is 9.59 Å². The Morgan fingerprint density at radius 1 is 0.966 bits per heavy atom. The van der Waals surface area contributed by atoms with Crippen molar-refractivity contribution in [3.05, 3.63) is 83.3 Å². The Morgan fingerprint density at radius 2 is 1.76 bits per heavy atom. The molecule has 6 heteroatoms. The highest BCUT2D eigenvalue weighted by Crippen LogP contribution is 2.17. The third-order valence-electron chi connectivity index (χ3n) is 4.38. The van der Waals surface area contributed by atoms with E-state index >= 15 is 0 Å². The first-order valence-electron chi connectivity index (χ1n) is 9.57. The zero-order valence-corrected chi connectivity index (χ0v) is 16.6. The zero-order chi connectivity index (χ0) is 20.6. The van der Waals surface area contributed by atoms with Crippen molar-refractivity contribution in [3.8, 4) is 0 Å². The minimum absolute atomic E-state index is 0.0110. The highest BCUT2D eigenvalue weighted by atomic mass is 16.1. The molecule has 3 rings (SSSR count). The number of rotatable bonds is 8. The van der Waals surface area contributed by atoms with E-state index < -0.39 is 0 Å². The maximum Gasteiger partial charge on any atom is 0.270 e. The second kappa shape index (κ2) is 9.59. The average Bonchev–Trinajstić information content (AvgIpc) is 2.71. The number of aryl methyl sites for hydroxylation is 2. The molecule has 0 unspecified atom stereocenters. The van der Waals surface area contributed by atoms with Crippen molar-refractivity contribution in [1.29, 1.82) is 0 Å². The number of hydrogen-bond donors (Lipinski definition) is 2. The van der Waals surface area contributed by atoms with Gasteiger partial charge in [-0.05, 0) is 44.4 Å². The van der Waals surface area contributed by atoms with Crippen LogP contribution in [-0.4, -0.2) is 28.2 Å². The topological polar surface area (TPSA) is 84.0 Å². The van der Waals surface area contributed by atoms with Crippen LogP contribution < -0.4 is 10.6 Å². The van der Waals surface area contributed by atoms with Crippen LogP contribution in [0, 0.1) is 6.92 Å². The number of amides is 1. The summed E-state index contributed by atoms with van der Waals surface area (Å²) in [5.41, 5.74) is 2.89. The van der Waals surface area contributed by atoms with Gasteiger partial charge in [-0.25, -0.2) is 9.97 Å². The van der Waals surface area contributed by atoms with Gasteiger partial charge in [0.1, 0.15) is 17.3 Å². The number of aromatic nitrogens is 2. The summed E-state index contributed by atoms with van der Waals surface area (Å²) in [5, 5.41) is 6.05. The third-order valence-corrected chi connectivity index (χ3v) is 4.38. The molecule has 1 heterocycles. The highest BCUT2D eigenvalue weighted by Gasteiger charge is 2.11. The SMILES string of the molecule is CC(=O)c1cccc(Nc2cc(C(=O)NCCCc3ccccc3)nc(C)n2)c1. The fourth-order valence-corrected chi connectivity index (χ4v) is 2.94. The lowest BCUT2D eigenvalue weighted by molar-refractivity contribution is 0.0947. The normalized spacial score (nSPS) is 10.4. The van der Waals surface area contributed by atoms with E-state index in [-0.39, 0.29) is 11.7 Å². The van der Waals surface area contributed by atoms with Gasteiger partial charge in [0.25, 0.3) is 5.91 Å². The molecule has 2 aromatic carbocycles. The number of ketones is 1. The first-order valence-corrected chi connectivity index (χ1v) is 9.57. The molecule has 0 saturated heterocycles. The molecular formula is C23H24N4O2. The summed E-state index contributed by atoms with van der Waals surface area (Å²) in [6.07, 6.45) is 1.76. The Kier molecular flexibility index (Phi) is 6.68. The second-order valence-electron chi connectivity index (χ2n) is 6.79. The van der Waals surface area contributed by atoms with Gasteiger partial charge in [0.15, 0.2) is 5.78 Å². The molecule has 6 nitrogen and oxygen atoms in total. The Bertz CT molecular complexity index is 1000. The van der Waals surface area contributed by atoms with E-state index in [1.165, 1.54) is 12.5 Å². The number of carbonyl (C=O) groups excluding carboxylic acids is 2. The van der Waals surface area contributed by atoms with Gasteiger partial charge in [-0.3, -0.25) is 9.59 Å². The number of hydrogen-bond acceptors (Lipinski definition) is 5. The largest absolute Gasteiger partial charge is 0.351 e. The van der Waals surface area contributed by atoms with E-state index in [0.717, 1.165) is 18.5 Å². The number of benzene rings is 2. The van der Waals surface area contributed by atoms with Crippen LogP contribution in [0.2, 0.25) is 0 Å². The fraction of sp³-hybridized carbons (Fsp3) is 0.217. The minimum atomic E-state index is -0.232. The molecule has 0 aliphatic heterocycles. The van der Waals surface area contributed by atoms with E-state index in [0.29, 0.717) is 29.4 Å². The standard InChI is InChI=1S/C23H24N4O2/c1-16(28)19-11-6-12-20(14-19)27-22-15-21(25-17(2)26-22)23(29)24-13-7-10-18-8-4-3-5-9-18/h3-6,8-9,11-12,14-15H,7,10,13H2,1-2H3,(H,24,29)(H,25,26,27). The second-order valence-corrected chi connectivity index (χ2v) is 6.79. The van der Waals surface area contributed by atoms with Gasteiger partial charge < -0.3 is 10.6 Å². The van der Waals surface area contributed by atoms with Crippen LogP contribution in [0.3, 0.4) is 0 Å². The number of carbonyl (C=O) groups is 2. The van der Waals surface area contributed by atoms with Crippen LogP contribution in [0.4, 0.5) is 11.5 Å². The van der Waals surface area contributed by atoms with Crippen molar-refractivity contribution in [2.24, 2.45) is 0 Å². The molecule has 1 amide bonds. The van der Waals surface area contributed by atoms with Gasteiger partial charge in [-0.1, -0.05) is 42.5 Å². The van der Waals surface area contributed by atoms with E-state index in [1.807, 2.05) is 24.3 Å². The summed E-state index contributed by atoms with van der Waals surface area (Å²) in [4.78, 5) is 32.6. The molecule has 0 spiro atoms. The minimum Gasteiger partial charge on any atom is -0.351 e. The molecule has 148 valence electrons. The lowest BCUT2D eigenvalue weighted by Gasteiger charge is -2.10. The van der Waals surface area contributed by atoms with Gasteiger partial charge in [0, 0.05) is 23.9 Å². The van der Waals surface area contributed by atoms with Crippen LogP contribution in [0.5, 0.6) is 0 Å². The Labute approximate surface area is 170 Å². The quantitative estimate of drug-likeness (QED) is 0.448. The van der Waals surface area contributed by atoms with E-state index in [2.05, 4.69) is 32.7 Å². The summed E-state index contributed by atoms with van der Waals surface area (Å²) in [7, 11) is 0. The Hall–Kier alpha value is -3.54. The monoisotopic (exact) mass is 388 g/mol. The van der Waals surface area contributed by atoms with E-state index in [1.54, 1.807) is 31.2 Å². The smallest absolute Gasteiger partial charge is 0.270 e. The van der Waals surface area contributed by atoms with Crippen molar-refractivity contribution in [2.45, 2.75) is 26.7 Å². The average molecular weight is 388 g/mol. The summed E-state index contributed by atoms with van der Waals surface area (Å²) < 4.78 is 0. The van der Waals surface area contributed by atoms with Crippen molar-refractivity contribution < 1.29 is 9.59 Å². The summed E-state index contributed by atoms with van der Waals surface area (Å²) >= 11 is 0. The summed E-state index contributed by atoms with van der Waals surface area (Å²) in [5.74, 6) is 0.756. The van der Waals surface area contributed by atoms with Gasteiger partial charge in [0.05, 0.1) is 0 Å². The zero-order valence-electron chi connectivity index (χ0n) is 16.6. The van der Waals surface area contributed by atoms with Crippen molar-refractivity contribution >= 4 is 23.2 Å². The Morgan fingerprint density at radius 3 is 2.52 bits per heavy atom. The number of nitrogens with one attached hydrogen (secondary N) is 2. The van der Waals surface area contributed by atoms with Gasteiger partial charge in [0.2, 0.25) is 0 Å². The Balaban J connectivity index is 1.61. The molecule has 0 radical (unpaired) electrons.